The van der Waals surface area contributed by atoms with Gasteiger partial charge in [0, 0.05) is 9.75 Å². The molecule has 1 aromatic heterocycles. The Kier molecular flexibility index (Phi) is 5.00. The van der Waals surface area contributed by atoms with Gasteiger partial charge >= 0.3 is 0 Å². The van der Waals surface area contributed by atoms with Gasteiger partial charge in [-0.05, 0) is 42.7 Å². The largest absolute Gasteiger partial charge is 0.494 e. The molecule has 102 valence electrons. The molecule has 0 bridgehead atoms. The summed E-state index contributed by atoms with van der Waals surface area (Å²) in [5, 5.41) is 0. The van der Waals surface area contributed by atoms with E-state index in [4.69, 9.17) is 10.5 Å². The summed E-state index contributed by atoms with van der Waals surface area (Å²) >= 11 is 1.79. The second kappa shape index (κ2) is 6.73. The molecule has 0 aliphatic carbocycles. The lowest BCUT2D eigenvalue weighted by molar-refractivity contribution is 0.317. The lowest BCUT2D eigenvalue weighted by atomic mass is 10.1. The zero-order chi connectivity index (χ0) is 13.7. The number of aryl methyl sites for hydroxylation is 1. The Hall–Kier alpha value is -1.32. The fourth-order valence-corrected chi connectivity index (χ4v) is 2.92. The van der Waals surface area contributed by atoms with Gasteiger partial charge in [0.25, 0.3) is 0 Å². The third-order valence-electron chi connectivity index (χ3n) is 3.03. The van der Waals surface area contributed by atoms with Gasteiger partial charge in [-0.2, -0.15) is 0 Å². The van der Waals surface area contributed by atoms with Crippen molar-refractivity contribution >= 4 is 11.3 Å². The van der Waals surface area contributed by atoms with Crippen LogP contribution in [0.25, 0.3) is 0 Å². The molecule has 0 saturated heterocycles. The molecule has 1 aromatic carbocycles. The zero-order valence-electron chi connectivity index (χ0n) is 11.6. The number of hydrogen-bond acceptors (Lipinski definition) is 3. The summed E-state index contributed by atoms with van der Waals surface area (Å²) in [5.74, 6) is 0.905. The van der Waals surface area contributed by atoms with Crippen LogP contribution < -0.4 is 10.5 Å². The highest BCUT2D eigenvalue weighted by molar-refractivity contribution is 7.12. The molecule has 0 spiro atoms. The summed E-state index contributed by atoms with van der Waals surface area (Å²) in [7, 11) is 0. The minimum absolute atomic E-state index is 0.0597. The Morgan fingerprint density at radius 3 is 2.74 bits per heavy atom. The summed E-state index contributed by atoms with van der Waals surface area (Å²) in [6.45, 7) is 5.02. The minimum atomic E-state index is -0.0597. The van der Waals surface area contributed by atoms with Crippen molar-refractivity contribution in [3.63, 3.8) is 0 Å². The van der Waals surface area contributed by atoms with Crippen molar-refractivity contribution in [2.45, 2.75) is 32.7 Å². The zero-order valence-corrected chi connectivity index (χ0v) is 12.4. The molecule has 2 N–H and O–H groups in total. The molecule has 3 heteroatoms. The van der Waals surface area contributed by atoms with Crippen LogP contribution in [0.1, 0.15) is 41.6 Å². The highest BCUT2D eigenvalue weighted by Crippen LogP contribution is 2.28. The van der Waals surface area contributed by atoms with Gasteiger partial charge < -0.3 is 10.5 Å². The lowest BCUT2D eigenvalue weighted by Gasteiger charge is -2.12. The van der Waals surface area contributed by atoms with E-state index in [1.54, 1.807) is 11.3 Å². The molecule has 0 fully saturated rings. The Bertz CT molecular complexity index is 521. The van der Waals surface area contributed by atoms with Crippen LogP contribution in [-0.2, 0) is 6.42 Å². The summed E-state index contributed by atoms with van der Waals surface area (Å²) in [5.41, 5.74) is 7.45. The van der Waals surface area contributed by atoms with Crippen molar-refractivity contribution in [1.82, 2.24) is 0 Å². The number of nitrogens with two attached hydrogens (primary N) is 1. The molecule has 0 radical (unpaired) electrons. The van der Waals surface area contributed by atoms with E-state index in [-0.39, 0.29) is 6.04 Å². The van der Waals surface area contributed by atoms with Crippen molar-refractivity contribution in [2.75, 3.05) is 6.61 Å². The Morgan fingerprint density at radius 1 is 1.21 bits per heavy atom. The molecule has 2 rings (SSSR count). The topological polar surface area (TPSA) is 35.2 Å². The molecule has 0 saturated carbocycles. The van der Waals surface area contributed by atoms with E-state index < -0.39 is 0 Å². The van der Waals surface area contributed by atoms with Crippen LogP contribution in [0.4, 0.5) is 0 Å². The average Bonchev–Trinajstić information content (AvgIpc) is 2.93. The molecule has 0 aliphatic rings. The molecule has 2 nitrogen and oxygen atoms in total. The van der Waals surface area contributed by atoms with Crippen molar-refractivity contribution in [2.24, 2.45) is 5.73 Å². The molecular weight excluding hydrogens is 254 g/mol. The van der Waals surface area contributed by atoms with Crippen LogP contribution in [0.15, 0.2) is 36.4 Å². The van der Waals surface area contributed by atoms with Crippen LogP contribution in [0.3, 0.4) is 0 Å². The number of thiophene rings is 1. The second-order valence-corrected chi connectivity index (χ2v) is 5.76. The van der Waals surface area contributed by atoms with Gasteiger partial charge in [-0.15, -0.1) is 11.3 Å². The van der Waals surface area contributed by atoms with E-state index in [1.807, 2.05) is 18.2 Å². The number of hydrogen-bond donors (Lipinski definition) is 1. The van der Waals surface area contributed by atoms with Gasteiger partial charge in [0.05, 0.1) is 12.6 Å². The van der Waals surface area contributed by atoms with Crippen LogP contribution in [0, 0.1) is 0 Å². The fraction of sp³-hybridized carbons (Fsp3) is 0.375. The van der Waals surface area contributed by atoms with Gasteiger partial charge in [0.2, 0.25) is 0 Å². The molecule has 1 heterocycles. The molecule has 1 unspecified atom stereocenters. The summed E-state index contributed by atoms with van der Waals surface area (Å²) < 4.78 is 5.66. The first-order valence-corrected chi connectivity index (χ1v) is 7.63. The van der Waals surface area contributed by atoms with E-state index >= 15 is 0 Å². The third kappa shape index (κ3) is 3.58. The van der Waals surface area contributed by atoms with E-state index in [0.717, 1.165) is 30.8 Å². The van der Waals surface area contributed by atoms with Gasteiger partial charge in [-0.25, -0.2) is 0 Å². The Balaban J connectivity index is 2.15. The lowest BCUT2D eigenvalue weighted by Crippen LogP contribution is -2.10. The smallest absolute Gasteiger partial charge is 0.119 e. The molecule has 0 amide bonds. The number of benzene rings is 1. The van der Waals surface area contributed by atoms with Gasteiger partial charge in [0.15, 0.2) is 0 Å². The minimum Gasteiger partial charge on any atom is -0.494 e. The quantitative estimate of drug-likeness (QED) is 0.859. The van der Waals surface area contributed by atoms with E-state index in [2.05, 4.69) is 32.0 Å². The van der Waals surface area contributed by atoms with E-state index in [9.17, 15) is 0 Å². The summed E-state index contributed by atoms with van der Waals surface area (Å²) in [4.78, 5) is 2.59. The fourth-order valence-electron chi connectivity index (χ4n) is 1.93. The van der Waals surface area contributed by atoms with Gasteiger partial charge in [-0.3, -0.25) is 0 Å². The Labute approximate surface area is 119 Å². The number of rotatable bonds is 6. The first kappa shape index (κ1) is 14.1. The highest BCUT2D eigenvalue weighted by Gasteiger charge is 2.12. The predicted molar refractivity (Wildman–Crippen MR) is 82.0 cm³/mol. The Morgan fingerprint density at radius 2 is 2.05 bits per heavy atom. The summed E-state index contributed by atoms with van der Waals surface area (Å²) in [6, 6.07) is 12.3. The normalized spacial score (nSPS) is 12.4. The second-order valence-electron chi connectivity index (χ2n) is 4.56. The first-order chi connectivity index (χ1) is 9.24. The predicted octanol–water partition coefficient (Wildman–Crippen LogP) is 4.15. The molecule has 19 heavy (non-hydrogen) atoms. The standard InChI is InChI=1S/C16H21NOS/c1-3-10-18-13-7-5-6-12(11-13)16(17)15-9-8-14(4-2)19-15/h5-9,11,16H,3-4,10,17H2,1-2H3. The van der Waals surface area contributed by atoms with Gasteiger partial charge in [-0.1, -0.05) is 26.0 Å². The van der Waals surface area contributed by atoms with Crippen molar-refractivity contribution in [3.05, 3.63) is 51.7 Å². The molecule has 1 atom stereocenters. The van der Waals surface area contributed by atoms with Crippen LogP contribution in [-0.4, -0.2) is 6.61 Å². The van der Waals surface area contributed by atoms with Gasteiger partial charge in [0.1, 0.15) is 5.75 Å². The van der Waals surface area contributed by atoms with Crippen LogP contribution >= 0.6 is 11.3 Å². The van der Waals surface area contributed by atoms with E-state index in [0.29, 0.717) is 0 Å². The maximum atomic E-state index is 6.34. The highest BCUT2D eigenvalue weighted by atomic mass is 32.1. The maximum Gasteiger partial charge on any atom is 0.119 e. The van der Waals surface area contributed by atoms with Crippen LogP contribution in [0.2, 0.25) is 0 Å². The maximum absolute atomic E-state index is 6.34. The molecule has 0 aliphatic heterocycles. The first-order valence-electron chi connectivity index (χ1n) is 6.81. The summed E-state index contributed by atoms with van der Waals surface area (Å²) in [6.07, 6.45) is 2.08. The third-order valence-corrected chi connectivity index (χ3v) is 4.34. The van der Waals surface area contributed by atoms with Crippen molar-refractivity contribution in [1.29, 1.82) is 0 Å². The monoisotopic (exact) mass is 275 g/mol. The number of ether oxygens (including phenoxy) is 1. The van der Waals surface area contributed by atoms with Crippen LogP contribution in [0.5, 0.6) is 5.75 Å². The SMILES string of the molecule is CCCOc1cccc(C(N)c2ccc(CC)s2)c1. The van der Waals surface area contributed by atoms with E-state index in [1.165, 1.54) is 9.75 Å². The molecular formula is C16H21NOS. The van der Waals surface area contributed by atoms with Crippen molar-refractivity contribution < 1.29 is 4.74 Å². The average molecular weight is 275 g/mol. The molecule has 2 aromatic rings. The van der Waals surface area contributed by atoms with Crippen molar-refractivity contribution in [3.8, 4) is 5.75 Å².